The predicted octanol–water partition coefficient (Wildman–Crippen LogP) is 5.46. The van der Waals surface area contributed by atoms with Crippen molar-refractivity contribution in [3.8, 4) is 22.8 Å². The number of aromatic nitrogens is 3. The number of ether oxygens (including phenoxy) is 2. The molecule has 0 aliphatic rings. The quantitative estimate of drug-likeness (QED) is 0.269. The van der Waals surface area contributed by atoms with E-state index in [1.165, 1.54) is 0 Å². The van der Waals surface area contributed by atoms with E-state index >= 15 is 0 Å². The molecular formula is C30H27N5O3. The van der Waals surface area contributed by atoms with Crippen molar-refractivity contribution in [1.29, 1.82) is 0 Å². The van der Waals surface area contributed by atoms with Crippen molar-refractivity contribution in [2.45, 2.75) is 13.3 Å². The van der Waals surface area contributed by atoms with Gasteiger partial charge in [0.25, 0.3) is 5.91 Å². The summed E-state index contributed by atoms with van der Waals surface area (Å²) in [4.78, 5) is 25.8. The molecule has 0 radical (unpaired) electrons. The van der Waals surface area contributed by atoms with Crippen LogP contribution in [0.1, 0.15) is 21.6 Å². The topological polar surface area (TPSA) is 112 Å². The average molecular weight is 506 g/mol. The summed E-state index contributed by atoms with van der Waals surface area (Å²) in [6.07, 6.45) is 3.98. The second kappa shape index (κ2) is 11.0. The van der Waals surface area contributed by atoms with Gasteiger partial charge in [0.2, 0.25) is 5.88 Å². The van der Waals surface area contributed by atoms with E-state index in [0.29, 0.717) is 41.6 Å². The third-order valence-electron chi connectivity index (χ3n) is 6.26. The third-order valence-corrected chi connectivity index (χ3v) is 6.26. The molecule has 2 aromatic heterocycles. The second-order valence-corrected chi connectivity index (χ2v) is 8.76. The van der Waals surface area contributed by atoms with Gasteiger partial charge >= 0.3 is 0 Å². The summed E-state index contributed by atoms with van der Waals surface area (Å²) in [5.41, 5.74) is 12.2. The van der Waals surface area contributed by atoms with E-state index in [-0.39, 0.29) is 5.91 Å². The van der Waals surface area contributed by atoms with E-state index < -0.39 is 0 Å². The summed E-state index contributed by atoms with van der Waals surface area (Å²) >= 11 is 0. The van der Waals surface area contributed by atoms with Crippen molar-refractivity contribution >= 4 is 28.2 Å². The first kappa shape index (κ1) is 24.7. The highest BCUT2D eigenvalue weighted by Crippen LogP contribution is 2.32. The molecule has 0 atom stereocenters. The molecule has 0 aliphatic carbocycles. The summed E-state index contributed by atoms with van der Waals surface area (Å²) in [6.45, 7) is 2.39. The zero-order valence-corrected chi connectivity index (χ0v) is 21.1. The molecule has 0 unspecified atom stereocenters. The molecule has 0 bridgehead atoms. The molecule has 2 heterocycles. The van der Waals surface area contributed by atoms with Gasteiger partial charge in [0.1, 0.15) is 17.6 Å². The maximum atomic E-state index is 12.6. The van der Waals surface area contributed by atoms with Crippen LogP contribution in [0.15, 0.2) is 85.3 Å². The summed E-state index contributed by atoms with van der Waals surface area (Å²) < 4.78 is 11.4. The number of pyridine rings is 1. The fourth-order valence-corrected chi connectivity index (χ4v) is 4.12. The number of rotatable bonds is 8. The number of benzene rings is 3. The Morgan fingerprint density at radius 3 is 2.50 bits per heavy atom. The molecule has 0 saturated carbocycles. The van der Waals surface area contributed by atoms with Crippen molar-refractivity contribution < 1.29 is 14.3 Å². The molecule has 3 N–H and O–H groups in total. The van der Waals surface area contributed by atoms with Gasteiger partial charge in [-0.05, 0) is 60.5 Å². The fourth-order valence-electron chi connectivity index (χ4n) is 4.12. The standard InChI is InChI=1S/C30H27N5O3/c1-19-24-15-23(22-11-12-28(37-2)32-17-22)16-27(29(24)34-18-33-19)38-14-13-20-7-9-21(10-8-20)30(36)35-26-6-4-3-5-25(26)31/h3-12,15-18H,13-14,31H2,1-2H3,(H,35,36). The number of hydrogen-bond acceptors (Lipinski definition) is 7. The Kier molecular flexibility index (Phi) is 7.13. The number of carbonyl (C=O) groups is 1. The molecule has 1 amide bonds. The molecule has 190 valence electrons. The number of hydrogen-bond donors (Lipinski definition) is 2. The van der Waals surface area contributed by atoms with Crippen LogP contribution >= 0.6 is 0 Å². The lowest BCUT2D eigenvalue weighted by atomic mass is 10.0. The SMILES string of the molecule is COc1ccc(-c2cc(OCCc3ccc(C(=O)Nc4ccccc4N)cc3)c3ncnc(C)c3c2)cn1. The van der Waals surface area contributed by atoms with Gasteiger partial charge in [0, 0.05) is 40.9 Å². The second-order valence-electron chi connectivity index (χ2n) is 8.76. The zero-order valence-electron chi connectivity index (χ0n) is 21.1. The van der Waals surface area contributed by atoms with Crippen LogP contribution in [-0.4, -0.2) is 34.6 Å². The van der Waals surface area contributed by atoms with Crippen molar-refractivity contribution in [3.63, 3.8) is 0 Å². The Morgan fingerprint density at radius 1 is 0.947 bits per heavy atom. The van der Waals surface area contributed by atoms with E-state index in [9.17, 15) is 4.79 Å². The van der Waals surface area contributed by atoms with E-state index in [1.807, 2.05) is 55.5 Å². The van der Waals surface area contributed by atoms with Crippen LogP contribution in [0.25, 0.3) is 22.0 Å². The minimum absolute atomic E-state index is 0.211. The summed E-state index contributed by atoms with van der Waals surface area (Å²) in [6, 6.07) is 22.4. The first-order chi connectivity index (χ1) is 18.5. The Bertz CT molecular complexity index is 1580. The van der Waals surface area contributed by atoms with E-state index in [2.05, 4.69) is 20.3 Å². The van der Waals surface area contributed by atoms with Gasteiger partial charge in [-0.3, -0.25) is 4.79 Å². The molecular weight excluding hydrogens is 478 g/mol. The Hall–Kier alpha value is -4.98. The minimum atomic E-state index is -0.211. The lowest BCUT2D eigenvalue weighted by Crippen LogP contribution is -2.13. The number of anilines is 2. The van der Waals surface area contributed by atoms with Crippen LogP contribution in [0.5, 0.6) is 11.6 Å². The predicted molar refractivity (Wildman–Crippen MR) is 149 cm³/mol. The first-order valence-corrected chi connectivity index (χ1v) is 12.1. The van der Waals surface area contributed by atoms with E-state index in [1.54, 1.807) is 43.9 Å². The number of nitrogen functional groups attached to an aromatic ring is 1. The largest absolute Gasteiger partial charge is 0.491 e. The maximum absolute atomic E-state index is 12.6. The lowest BCUT2D eigenvalue weighted by Gasteiger charge is -2.13. The number of nitrogens with two attached hydrogens (primary N) is 1. The number of aryl methyl sites for hydroxylation is 1. The number of nitrogens with zero attached hydrogens (tertiary/aromatic N) is 3. The van der Waals surface area contributed by atoms with Crippen LogP contribution in [0.3, 0.4) is 0 Å². The molecule has 0 spiro atoms. The van der Waals surface area contributed by atoms with Crippen LogP contribution < -0.4 is 20.5 Å². The minimum Gasteiger partial charge on any atom is -0.491 e. The first-order valence-electron chi connectivity index (χ1n) is 12.1. The highest BCUT2D eigenvalue weighted by Gasteiger charge is 2.12. The maximum Gasteiger partial charge on any atom is 0.255 e. The Balaban J connectivity index is 1.30. The van der Waals surface area contributed by atoms with Gasteiger partial charge in [0.05, 0.1) is 25.1 Å². The lowest BCUT2D eigenvalue weighted by molar-refractivity contribution is 0.102. The van der Waals surface area contributed by atoms with Crippen LogP contribution in [-0.2, 0) is 6.42 Å². The normalized spacial score (nSPS) is 10.8. The number of amides is 1. The number of methoxy groups -OCH3 is 1. The van der Waals surface area contributed by atoms with Crippen LogP contribution in [0, 0.1) is 6.92 Å². The van der Waals surface area contributed by atoms with Crippen molar-refractivity contribution in [2.75, 3.05) is 24.8 Å². The van der Waals surface area contributed by atoms with Crippen LogP contribution in [0.4, 0.5) is 11.4 Å². The monoisotopic (exact) mass is 505 g/mol. The van der Waals surface area contributed by atoms with Crippen molar-refractivity contribution in [3.05, 3.63) is 102 Å². The molecule has 8 heteroatoms. The van der Waals surface area contributed by atoms with Gasteiger partial charge in [-0.15, -0.1) is 0 Å². The van der Waals surface area contributed by atoms with Gasteiger partial charge < -0.3 is 20.5 Å². The van der Waals surface area contributed by atoms with Gasteiger partial charge in [0.15, 0.2) is 0 Å². The fraction of sp³-hybridized carbons (Fsp3) is 0.133. The van der Waals surface area contributed by atoms with Crippen molar-refractivity contribution in [1.82, 2.24) is 15.0 Å². The smallest absolute Gasteiger partial charge is 0.255 e. The van der Waals surface area contributed by atoms with E-state index in [0.717, 1.165) is 33.3 Å². The molecule has 0 fully saturated rings. The molecule has 38 heavy (non-hydrogen) atoms. The van der Waals surface area contributed by atoms with Gasteiger partial charge in [-0.2, -0.15) is 0 Å². The van der Waals surface area contributed by atoms with Crippen LogP contribution in [0.2, 0.25) is 0 Å². The molecule has 8 nitrogen and oxygen atoms in total. The Morgan fingerprint density at radius 2 is 1.76 bits per heavy atom. The van der Waals surface area contributed by atoms with Crippen molar-refractivity contribution in [2.24, 2.45) is 0 Å². The molecule has 5 rings (SSSR count). The van der Waals surface area contributed by atoms with E-state index in [4.69, 9.17) is 15.2 Å². The molecule has 0 aliphatic heterocycles. The number of carbonyl (C=O) groups excluding carboxylic acids is 1. The highest BCUT2D eigenvalue weighted by atomic mass is 16.5. The highest BCUT2D eigenvalue weighted by molar-refractivity contribution is 6.05. The number of nitrogens with one attached hydrogen (secondary N) is 1. The molecule has 5 aromatic rings. The number of para-hydroxylation sites is 2. The summed E-state index contributed by atoms with van der Waals surface area (Å²) in [5, 5.41) is 3.77. The molecule has 3 aromatic carbocycles. The summed E-state index contributed by atoms with van der Waals surface area (Å²) in [5.74, 6) is 1.02. The van der Waals surface area contributed by atoms with Gasteiger partial charge in [-0.1, -0.05) is 24.3 Å². The molecule has 0 saturated heterocycles. The zero-order chi connectivity index (χ0) is 26.5. The third kappa shape index (κ3) is 5.39. The summed E-state index contributed by atoms with van der Waals surface area (Å²) in [7, 11) is 1.59. The Labute approximate surface area is 220 Å². The van der Waals surface area contributed by atoms with Gasteiger partial charge in [-0.25, -0.2) is 15.0 Å². The number of fused-ring (bicyclic) bond motifs is 1. The average Bonchev–Trinajstić information content (AvgIpc) is 2.95.